The third-order valence-corrected chi connectivity index (χ3v) is 5.46. The van der Waals surface area contributed by atoms with Crippen molar-refractivity contribution in [1.82, 2.24) is 4.57 Å². The average molecular weight is 356 g/mol. The number of nitrogens with zero attached hydrogens (tertiary/aromatic N) is 2. The lowest BCUT2D eigenvalue weighted by molar-refractivity contribution is -0.189. The van der Waals surface area contributed by atoms with Crippen LogP contribution in [0.15, 0.2) is 54.7 Å². The van der Waals surface area contributed by atoms with Gasteiger partial charge in [0.1, 0.15) is 0 Å². The highest BCUT2D eigenvalue weighted by molar-refractivity contribution is 5.87. The van der Waals surface area contributed by atoms with Gasteiger partial charge in [0.25, 0.3) is 0 Å². The van der Waals surface area contributed by atoms with Gasteiger partial charge in [-0.15, -0.1) is 0 Å². The summed E-state index contributed by atoms with van der Waals surface area (Å²) in [6.07, 6.45) is 1.71. The number of aliphatic hydroxyl groups is 1. The Morgan fingerprint density at radius 1 is 1.04 bits per heavy atom. The maximum absolute atomic E-state index is 15.7. The highest BCUT2D eigenvalue weighted by Crippen LogP contribution is 2.62. The first-order valence-corrected chi connectivity index (χ1v) is 8.69. The number of rotatable bonds is 3. The molecule has 1 unspecified atom stereocenters. The molecule has 26 heavy (non-hydrogen) atoms. The normalized spacial score (nSPS) is 23.4. The summed E-state index contributed by atoms with van der Waals surface area (Å²) in [5, 5.41) is 10.1. The van der Waals surface area contributed by atoms with Gasteiger partial charge in [-0.3, -0.25) is 0 Å². The SMILES string of the molecule is OCCn1cc(C23OCCN2c2ccccc2C3(F)F)c2ccccc21. The van der Waals surface area contributed by atoms with E-state index in [9.17, 15) is 5.11 Å². The quantitative estimate of drug-likeness (QED) is 0.781. The lowest BCUT2D eigenvalue weighted by Crippen LogP contribution is -2.48. The Bertz CT molecular complexity index is 1000. The third kappa shape index (κ3) is 1.73. The van der Waals surface area contributed by atoms with Crippen LogP contribution in [0.5, 0.6) is 0 Å². The molecule has 1 fully saturated rings. The topological polar surface area (TPSA) is 37.6 Å². The number of hydrogen-bond acceptors (Lipinski definition) is 3. The summed E-state index contributed by atoms with van der Waals surface area (Å²) in [7, 11) is 0. The maximum atomic E-state index is 15.7. The summed E-state index contributed by atoms with van der Waals surface area (Å²) in [6.45, 7) is 0.928. The largest absolute Gasteiger partial charge is 0.395 e. The van der Waals surface area contributed by atoms with Gasteiger partial charge < -0.3 is 19.3 Å². The molecule has 0 saturated carbocycles. The fourth-order valence-corrected chi connectivity index (χ4v) is 4.43. The summed E-state index contributed by atoms with van der Waals surface area (Å²) in [4.78, 5) is 1.69. The van der Waals surface area contributed by atoms with Crippen LogP contribution in [0, 0.1) is 0 Å². The molecule has 1 saturated heterocycles. The summed E-state index contributed by atoms with van der Waals surface area (Å²) in [5.41, 5.74) is -0.0714. The van der Waals surface area contributed by atoms with E-state index in [4.69, 9.17) is 4.74 Å². The smallest absolute Gasteiger partial charge is 0.326 e. The summed E-state index contributed by atoms with van der Waals surface area (Å²) >= 11 is 0. The minimum atomic E-state index is -3.19. The van der Waals surface area contributed by atoms with Crippen molar-refractivity contribution >= 4 is 16.6 Å². The third-order valence-electron chi connectivity index (χ3n) is 5.46. The van der Waals surface area contributed by atoms with Crippen LogP contribution in [0.25, 0.3) is 10.9 Å². The van der Waals surface area contributed by atoms with E-state index < -0.39 is 11.6 Å². The highest BCUT2D eigenvalue weighted by atomic mass is 19.3. The first kappa shape index (κ1) is 15.8. The number of alkyl halides is 2. The van der Waals surface area contributed by atoms with E-state index in [2.05, 4.69) is 0 Å². The van der Waals surface area contributed by atoms with Crippen molar-refractivity contribution in [2.75, 3.05) is 24.7 Å². The molecule has 6 heteroatoms. The maximum Gasteiger partial charge on any atom is 0.326 e. The minimum Gasteiger partial charge on any atom is -0.395 e. The molecule has 134 valence electrons. The molecule has 0 amide bonds. The predicted molar refractivity (Wildman–Crippen MR) is 94.3 cm³/mol. The Labute approximate surface area is 149 Å². The van der Waals surface area contributed by atoms with E-state index in [1.54, 1.807) is 29.3 Å². The van der Waals surface area contributed by atoms with Crippen LogP contribution < -0.4 is 4.90 Å². The molecule has 2 aliphatic heterocycles. The van der Waals surface area contributed by atoms with Gasteiger partial charge in [0.05, 0.1) is 13.2 Å². The monoisotopic (exact) mass is 356 g/mol. The molecule has 0 radical (unpaired) electrons. The molecule has 0 spiro atoms. The van der Waals surface area contributed by atoms with Crippen molar-refractivity contribution in [2.45, 2.75) is 18.2 Å². The Hall–Kier alpha value is -2.44. The molecular weight excluding hydrogens is 338 g/mol. The van der Waals surface area contributed by atoms with Crippen LogP contribution >= 0.6 is 0 Å². The standard InChI is InChI=1S/C20H18F2N2O2/c21-19(22)15-6-2-4-8-18(15)24-10-12-26-20(19,24)16-13-23(9-11-25)17-7-3-1-5-14(16)17/h1-8,13,25H,9-12H2. The van der Waals surface area contributed by atoms with E-state index in [1.165, 1.54) is 6.07 Å². The Balaban J connectivity index is 1.82. The van der Waals surface area contributed by atoms with Gasteiger partial charge in [-0.2, -0.15) is 8.78 Å². The van der Waals surface area contributed by atoms with E-state index in [0.717, 1.165) is 10.9 Å². The molecule has 4 nitrogen and oxygen atoms in total. The number of aromatic nitrogens is 1. The molecule has 0 aliphatic carbocycles. The number of aliphatic hydroxyl groups excluding tert-OH is 1. The van der Waals surface area contributed by atoms with E-state index in [-0.39, 0.29) is 18.8 Å². The number of halogens is 2. The zero-order chi connectivity index (χ0) is 17.9. The first-order chi connectivity index (χ1) is 12.6. The number of fused-ring (bicyclic) bond motifs is 4. The summed E-state index contributed by atoms with van der Waals surface area (Å²) in [6, 6.07) is 14.0. The van der Waals surface area contributed by atoms with Crippen molar-refractivity contribution in [2.24, 2.45) is 0 Å². The van der Waals surface area contributed by atoms with Crippen molar-refractivity contribution in [3.05, 3.63) is 65.9 Å². The summed E-state index contributed by atoms with van der Waals surface area (Å²) in [5.74, 6) is -3.19. The van der Waals surface area contributed by atoms with Crippen LogP contribution in [-0.2, 0) is 22.9 Å². The number of hydrogen-bond donors (Lipinski definition) is 1. The first-order valence-electron chi connectivity index (χ1n) is 8.69. The van der Waals surface area contributed by atoms with E-state index >= 15 is 8.78 Å². The van der Waals surface area contributed by atoms with Gasteiger partial charge >= 0.3 is 5.92 Å². The fraction of sp³-hybridized carbons (Fsp3) is 0.300. The molecular formula is C20H18F2N2O2. The molecule has 2 aliphatic rings. The Morgan fingerprint density at radius 2 is 1.81 bits per heavy atom. The van der Waals surface area contributed by atoms with Crippen LogP contribution in [0.3, 0.4) is 0 Å². The van der Waals surface area contributed by atoms with Crippen molar-refractivity contribution in [3.8, 4) is 0 Å². The molecule has 5 rings (SSSR count). The van der Waals surface area contributed by atoms with Crippen LogP contribution in [0.2, 0.25) is 0 Å². The molecule has 1 aromatic heterocycles. The minimum absolute atomic E-state index is 0.00121. The molecule has 2 aromatic carbocycles. The molecule has 3 heterocycles. The van der Waals surface area contributed by atoms with Gasteiger partial charge in [-0.1, -0.05) is 36.4 Å². The lowest BCUT2D eigenvalue weighted by atomic mass is 9.94. The number of ether oxygens (including phenoxy) is 1. The van der Waals surface area contributed by atoms with Gasteiger partial charge in [0.15, 0.2) is 0 Å². The average Bonchev–Trinajstić information content (AvgIpc) is 3.29. The predicted octanol–water partition coefficient (Wildman–Crippen LogP) is 3.43. The number of anilines is 1. The van der Waals surface area contributed by atoms with Crippen LogP contribution in [0.1, 0.15) is 11.1 Å². The van der Waals surface area contributed by atoms with Gasteiger partial charge in [0, 0.05) is 47.0 Å². The zero-order valence-corrected chi connectivity index (χ0v) is 14.0. The Morgan fingerprint density at radius 3 is 2.65 bits per heavy atom. The van der Waals surface area contributed by atoms with E-state index in [0.29, 0.717) is 24.3 Å². The Kier molecular flexibility index (Phi) is 3.21. The highest BCUT2D eigenvalue weighted by Gasteiger charge is 2.69. The number of benzene rings is 2. The van der Waals surface area contributed by atoms with Crippen molar-refractivity contribution < 1.29 is 18.6 Å². The second-order valence-corrected chi connectivity index (χ2v) is 6.71. The van der Waals surface area contributed by atoms with Crippen LogP contribution in [-0.4, -0.2) is 29.4 Å². The fourth-order valence-electron chi connectivity index (χ4n) is 4.43. The van der Waals surface area contributed by atoms with Crippen LogP contribution in [0.4, 0.5) is 14.5 Å². The van der Waals surface area contributed by atoms with Gasteiger partial charge in [-0.05, 0) is 12.1 Å². The van der Waals surface area contributed by atoms with Gasteiger partial charge in [-0.25, -0.2) is 0 Å². The lowest BCUT2D eigenvalue weighted by Gasteiger charge is -2.36. The number of para-hydroxylation sites is 2. The van der Waals surface area contributed by atoms with Gasteiger partial charge in [0.2, 0.25) is 5.72 Å². The second kappa shape index (κ2) is 5.28. The van der Waals surface area contributed by atoms with Crippen molar-refractivity contribution in [1.29, 1.82) is 0 Å². The molecule has 0 bridgehead atoms. The second-order valence-electron chi connectivity index (χ2n) is 6.71. The molecule has 1 N–H and O–H groups in total. The summed E-state index contributed by atoms with van der Waals surface area (Å²) < 4.78 is 39.1. The zero-order valence-electron chi connectivity index (χ0n) is 14.0. The molecule has 3 aromatic rings. The molecule has 1 atom stereocenters. The van der Waals surface area contributed by atoms with E-state index in [1.807, 2.05) is 28.8 Å². The van der Waals surface area contributed by atoms with Crippen molar-refractivity contribution in [3.63, 3.8) is 0 Å².